The second kappa shape index (κ2) is 11.4. The highest BCUT2D eigenvalue weighted by atomic mass is 16.5. The summed E-state index contributed by atoms with van der Waals surface area (Å²) in [5, 5.41) is 14.4. The number of phenols is 1. The summed E-state index contributed by atoms with van der Waals surface area (Å²) in [5.41, 5.74) is 1.58. The fourth-order valence-corrected chi connectivity index (χ4v) is 3.00. The molecule has 1 heterocycles. The molecule has 0 radical (unpaired) electrons. The second-order valence-electron chi connectivity index (χ2n) is 7.07. The van der Waals surface area contributed by atoms with Crippen molar-refractivity contribution < 1.29 is 9.84 Å². The molecule has 0 spiro atoms. The van der Waals surface area contributed by atoms with E-state index in [1.807, 2.05) is 32.2 Å². The number of nitrogens with zero attached hydrogens (tertiary/aromatic N) is 3. The average Bonchev–Trinajstić information content (AvgIpc) is 2.97. The van der Waals surface area contributed by atoms with Crippen molar-refractivity contribution in [1.82, 2.24) is 9.78 Å². The van der Waals surface area contributed by atoms with E-state index in [4.69, 9.17) is 4.74 Å². The normalized spacial score (nSPS) is 11.4. The molecule has 0 unspecified atom stereocenters. The standard InChI is InChI=1S/C22H33N3O2/c1-4-5-6-7-8-9-10-11-14-27-20-13-12-19(21(26)16-20)17-23-22-15-18(2)24-25(22)3/h12-13,15-17,26H,4-11,14H2,1-3H3/b23-17+. The minimum Gasteiger partial charge on any atom is -0.507 e. The van der Waals surface area contributed by atoms with E-state index in [2.05, 4.69) is 17.0 Å². The lowest BCUT2D eigenvalue weighted by molar-refractivity contribution is 0.302. The van der Waals surface area contributed by atoms with E-state index in [-0.39, 0.29) is 5.75 Å². The number of phenolic OH excluding ortho intramolecular Hbond substituents is 1. The third-order valence-electron chi connectivity index (χ3n) is 4.58. The first-order valence-electron chi connectivity index (χ1n) is 10.1. The summed E-state index contributed by atoms with van der Waals surface area (Å²) in [4.78, 5) is 4.38. The molecule has 0 aliphatic carbocycles. The number of ether oxygens (including phenoxy) is 1. The maximum atomic E-state index is 10.2. The zero-order valence-electron chi connectivity index (χ0n) is 16.9. The van der Waals surface area contributed by atoms with E-state index >= 15 is 0 Å². The van der Waals surface area contributed by atoms with E-state index in [0.717, 1.165) is 17.9 Å². The number of unbranched alkanes of at least 4 members (excludes halogenated alkanes) is 7. The van der Waals surface area contributed by atoms with Gasteiger partial charge >= 0.3 is 0 Å². The van der Waals surface area contributed by atoms with Gasteiger partial charge in [-0.15, -0.1) is 0 Å². The molecular weight excluding hydrogens is 338 g/mol. The highest BCUT2D eigenvalue weighted by molar-refractivity contribution is 5.85. The van der Waals surface area contributed by atoms with Crippen LogP contribution in [0.3, 0.4) is 0 Å². The molecule has 2 aromatic rings. The van der Waals surface area contributed by atoms with Crippen molar-refractivity contribution in [3.63, 3.8) is 0 Å². The Morgan fingerprint density at radius 1 is 1.07 bits per heavy atom. The van der Waals surface area contributed by atoms with E-state index in [1.165, 1.54) is 44.9 Å². The number of aliphatic imine (C=N–C) groups is 1. The SMILES string of the molecule is CCCCCCCCCCOc1ccc(/C=N/c2cc(C)nn2C)c(O)c1. The molecule has 0 atom stereocenters. The van der Waals surface area contributed by atoms with E-state index in [9.17, 15) is 5.11 Å². The first kappa shape index (κ1) is 21.0. The Balaban J connectivity index is 1.72. The summed E-state index contributed by atoms with van der Waals surface area (Å²) in [6.07, 6.45) is 11.9. The minimum atomic E-state index is 0.172. The lowest BCUT2D eigenvalue weighted by Gasteiger charge is -2.08. The Kier molecular flexibility index (Phi) is 8.89. The number of aryl methyl sites for hydroxylation is 2. The summed E-state index contributed by atoms with van der Waals surface area (Å²) in [7, 11) is 1.85. The summed E-state index contributed by atoms with van der Waals surface area (Å²) >= 11 is 0. The van der Waals surface area contributed by atoms with Gasteiger partial charge < -0.3 is 9.84 Å². The van der Waals surface area contributed by atoms with Gasteiger partial charge in [0.1, 0.15) is 17.3 Å². The van der Waals surface area contributed by atoms with E-state index in [1.54, 1.807) is 17.0 Å². The van der Waals surface area contributed by atoms with Crippen LogP contribution < -0.4 is 4.74 Å². The molecule has 5 heteroatoms. The summed E-state index contributed by atoms with van der Waals surface area (Å²) in [5.74, 6) is 1.62. The Labute approximate surface area is 163 Å². The summed E-state index contributed by atoms with van der Waals surface area (Å²) in [6.45, 7) is 4.86. The van der Waals surface area contributed by atoms with Crippen LogP contribution in [0.5, 0.6) is 11.5 Å². The maximum Gasteiger partial charge on any atom is 0.150 e. The van der Waals surface area contributed by atoms with Crippen LogP contribution in [0.4, 0.5) is 5.82 Å². The van der Waals surface area contributed by atoms with Gasteiger partial charge in [0, 0.05) is 31.0 Å². The Hall–Kier alpha value is -2.30. The fourth-order valence-electron chi connectivity index (χ4n) is 3.00. The van der Waals surface area contributed by atoms with Gasteiger partial charge in [-0.2, -0.15) is 5.10 Å². The number of hydrogen-bond donors (Lipinski definition) is 1. The van der Waals surface area contributed by atoms with Crippen LogP contribution in [0.25, 0.3) is 0 Å². The predicted octanol–water partition coefficient (Wildman–Crippen LogP) is 5.70. The molecule has 0 aliphatic rings. The summed E-state index contributed by atoms with van der Waals surface area (Å²) < 4.78 is 7.47. The number of hydrogen-bond acceptors (Lipinski definition) is 4. The van der Waals surface area contributed by atoms with Crippen LogP contribution in [-0.2, 0) is 7.05 Å². The van der Waals surface area contributed by atoms with Crippen LogP contribution in [0.2, 0.25) is 0 Å². The van der Waals surface area contributed by atoms with Crippen molar-refractivity contribution in [1.29, 1.82) is 0 Å². The van der Waals surface area contributed by atoms with Crippen LogP contribution in [-0.4, -0.2) is 27.7 Å². The topological polar surface area (TPSA) is 59.6 Å². The van der Waals surface area contributed by atoms with Gasteiger partial charge in [0.25, 0.3) is 0 Å². The lowest BCUT2D eigenvalue weighted by Crippen LogP contribution is -1.97. The molecule has 5 nitrogen and oxygen atoms in total. The highest BCUT2D eigenvalue weighted by Gasteiger charge is 2.03. The van der Waals surface area contributed by atoms with E-state index in [0.29, 0.717) is 17.9 Å². The predicted molar refractivity (Wildman–Crippen MR) is 111 cm³/mol. The van der Waals surface area contributed by atoms with Gasteiger partial charge in [0.2, 0.25) is 0 Å². The molecule has 0 amide bonds. The van der Waals surface area contributed by atoms with Crippen molar-refractivity contribution in [2.45, 2.75) is 65.2 Å². The number of aromatic nitrogens is 2. The third kappa shape index (κ3) is 7.45. The van der Waals surface area contributed by atoms with Gasteiger partial charge in [-0.05, 0) is 25.5 Å². The molecule has 0 bridgehead atoms. The Morgan fingerprint density at radius 2 is 1.78 bits per heavy atom. The smallest absolute Gasteiger partial charge is 0.150 e. The number of rotatable bonds is 12. The van der Waals surface area contributed by atoms with Gasteiger partial charge in [0.05, 0.1) is 12.3 Å². The number of aromatic hydroxyl groups is 1. The van der Waals surface area contributed by atoms with Crippen molar-refractivity contribution in [2.75, 3.05) is 6.61 Å². The molecule has 1 N–H and O–H groups in total. The van der Waals surface area contributed by atoms with Gasteiger partial charge in [-0.3, -0.25) is 4.68 Å². The largest absolute Gasteiger partial charge is 0.507 e. The molecule has 1 aromatic carbocycles. The highest BCUT2D eigenvalue weighted by Crippen LogP contribution is 2.23. The Morgan fingerprint density at radius 3 is 2.41 bits per heavy atom. The lowest BCUT2D eigenvalue weighted by atomic mass is 10.1. The molecule has 27 heavy (non-hydrogen) atoms. The molecule has 0 aliphatic heterocycles. The molecule has 1 aromatic heterocycles. The molecule has 0 saturated heterocycles. The Bertz CT molecular complexity index is 722. The van der Waals surface area contributed by atoms with Crippen LogP contribution in [0.1, 0.15) is 69.5 Å². The minimum absolute atomic E-state index is 0.172. The summed E-state index contributed by atoms with van der Waals surface area (Å²) in [6, 6.07) is 7.25. The third-order valence-corrected chi connectivity index (χ3v) is 4.58. The quantitative estimate of drug-likeness (QED) is 0.384. The molecule has 148 valence electrons. The first-order chi connectivity index (χ1) is 13.1. The van der Waals surface area contributed by atoms with Crippen molar-refractivity contribution in [3.05, 3.63) is 35.5 Å². The second-order valence-corrected chi connectivity index (χ2v) is 7.07. The van der Waals surface area contributed by atoms with Gasteiger partial charge in [-0.25, -0.2) is 4.99 Å². The average molecular weight is 372 g/mol. The van der Waals surface area contributed by atoms with Crippen molar-refractivity contribution >= 4 is 12.0 Å². The van der Waals surface area contributed by atoms with Crippen LogP contribution >= 0.6 is 0 Å². The molecule has 2 rings (SSSR count). The van der Waals surface area contributed by atoms with Crippen LogP contribution in [0.15, 0.2) is 29.3 Å². The van der Waals surface area contributed by atoms with Gasteiger partial charge in [0.15, 0.2) is 0 Å². The molecule has 0 fully saturated rings. The zero-order valence-corrected chi connectivity index (χ0v) is 16.9. The van der Waals surface area contributed by atoms with Gasteiger partial charge in [-0.1, -0.05) is 51.9 Å². The monoisotopic (exact) mass is 371 g/mol. The van der Waals surface area contributed by atoms with E-state index < -0.39 is 0 Å². The molecular formula is C22H33N3O2. The van der Waals surface area contributed by atoms with Crippen molar-refractivity contribution in [3.8, 4) is 11.5 Å². The van der Waals surface area contributed by atoms with Crippen LogP contribution in [0, 0.1) is 6.92 Å². The zero-order chi connectivity index (χ0) is 19.5. The molecule has 0 saturated carbocycles. The number of benzene rings is 1. The first-order valence-corrected chi connectivity index (χ1v) is 10.1. The van der Waals surface area contributed by atoms with Crippen molar-refractivity contribution in [2.24, 2.45) is 12.0 Å². The fraction of sp³-hybridized carbons (Fsp3) is 0.545. The maximum absolute atomic E-state index is 10.2.